The lowest BCUT2D eigenvalue weighted by molar-refractivity contribution is -0.123. The van der Waals surface area contributed by atoms with E-state index in [1.807, 2.05) is 37.3 Å². The first kappa shape index (κ1) is 23.7. The molecule has 0 aliphatic heterocycles. The fourth-order valence-electron chi connectivity index (χ4n) is 3.53. The molecule has 2 aromatic rings. The van der Waals surface area contributed by atoms with Crippen molar-refractivity contribution in [3.63, 3.8) is 0 Å². The number of methoxy groups -OCH3 is 1. The first-order valence-corrected chi connectivity index (χ1v) is 11.1. The smallest absolute Gasteiger partial charge is 0.227 e. The second-order valence-electron chi connectivity index (χ2n) is 7.88. The van der Waals surface area contributed by atoms with Crippen LogP contribution in [0.2, 0.25) is 0 Å². The Labute approximate surface area is 180 Å². The van der Waals surface area contributed by atoms with Gasteiger partial charge in [-0.3, -0.25) is 9.59 Å². The lowest BCUT2D eigenvalue weighted by atomic mass is 9.97. The molecule has 0 bridgehead atoms. The van der Waals surface area contributed by atoms with Gasteiger partial charge >= 0.3 is 0 Å². The van der Waals surface area contributed by atoms with Crippen molar-refractivity contribution >= 4 is 22.6 Å². The molecular formula is C25H36N2O3. The van der Waals surface area contributed by atoms with Crippen molar-refractivity contribution in [3.8, 4) is 5.75 Å². The van der Waals surface area contributed by atoms with E-state index < -0.39 is 0 Å². The molecule has 0 aromatic heterocycles. The number of amides is 2. The van der Waals surface area contributed by atoms with Crippen molar-refractivity contribution in [2.24, 2.45) is 0 Å². The van der Waals surface area contributed by atoms with Crippen LogP contribution in [0, 0.1) is 0 Å². The molecule has 5 heteroatoms. The zero-order valence-electron chi connectivity index (χ0n) is 18.8. The molecule has 0 heterocycles. The summed E-state index contributed by atoms with van der Waals surface area (Å²) < 4.78 is 5.26. The summed E-state index contributed by atoms with van der Waals surface area (Å²) in [5.41, 5.74) is 1.00. The third-order valence-corrected chi connectivity index (χ3v) is 5.70. The number of nitrogens with one attached hydrogen (secondary N) is 2. The van der Waals surface area contributed by atoms with Crippen LogP contribution >= 0.6 is 0 Å². The van der Waals surface area contributed by atoms with Crippen molar-refractivity contribution < 1.29 is 14.3 Å². The Balaban J connectivity index is 1.72. The van der Waals surface area contributed by atoms with E-state index >= 15 is 0 Å². The minimum absolute atomic E-state index is 0.0364. The summed E-state index contributed by atoms with van der Waals surface area (Å²) in [6, 6.07) is 12.3. The molecule has 30 heavy (non-hydrogen) atoms. The summed E-state index contributed by atoms with van der Waals surface area (Å²) in [5, 5.41) is 8.28. The highest BCUT2D eigenvalue weighted by Gasteiger charge is 2.15. The molecule has 0 unspecified atom stereocenters. The maximum absolute atomic E-state index is 12.5. The largest absolute Gasteiger partial charge is 0.497 e. The van der Waals surface area contributed by atoms with E-state index in [0.717, 1.165) is 54.2 Å². The second kappa shape index (κ2) is 12.2. The highest BCUT2D eigenvalue weighted by Crippen LogP contribution is 2.25. The molecule has 1 atom stereocenters. The van der Waals surface area contributed by atoms with Crippen LogP contribution in [0.1, 0.15) is 70.8 Å². The van der Waals surface area contributed by atoms with Gasteiger partial charge in [0.25, 0.3) is 0 Å². The van der Waals surface area contributed by atoms with E-state index in [1.165, 1.54) is 0 Å². The second-order valence-corrected chi connectivity index (χ2v) is 7.88. The third-order valence-electron chi connectivity index (χ3n) is 5.70. The zero-order valence-corrected chi connectivity index (χ0v) is 18.8. The highest BCUT2D eigenvalue weighted by molar-refractivity contribution is 5.88. The first-order valence-electron chi connectivity index (χ1n) is 11.1. The van der Waals surface area contributed by atoms with Crippen LogP contribution in [-0.2, 0) is 9.59 Å². The molecule has 2 rings (SSSR count). The van der Waals surface area contributed by atoms with Crippen LogP contribution < -0.4 is 15.4 Å². The molecule has 0 aliphatic carbocycles. The van der Waals surface area contributed by atoms with Crippen molar-refractivity contribution in [2.75, 3.05) is 13.7 Å². The lowest BCUT2D eigenvalue weighted by Gasteiger charge is -2.15. The van der Waals surface area contributed by atoms with Gasteiger partial charge in [-0.2, -0.15) is 0 Å². The first-order chi connectivity index (χ1) is 14.5. The monoisotopic (exact) mass is 412 g/mol. The van der Waals surface area contributed by atoms with E-state index in [4.69, 9.17) is 4.74 Å². The van der Waals surface area contributed by atoms with Crippen LogP contribution in [0.5, 0.6) is 5.75 Å². The standard InChI is InChI=1S/C25H36N2O3/c1-5-22(6-2)27-24(28)10-8-7-9-15-26-25(29)18(3)19-11-12-21-17-23(30-4)14-13-20(21)16-19/h11-14,16-18,22H,5-10,15H2,1-4H3,(H,26,29)(H,27,28)/t18-/m0/s1. The van der Waals surface area contributed by atoms with E-state index in [2.05, 4.69) is 30.5 Å². The fraction of sp³-hybridized carbons (Fsp3) is 0.520. The molecule has 0 saturated carbocycles. The third kappa shape index (κ3) is 7.05. The van der Waals surface area contributed by atoms with Gasteiger partial charge in [-0.15, -0.1) is 0 Å². The van der Waals surface area contributed by atoms with E-state index in [0.29, 0.717) is 13.0 Å². The summed E-state index contributed by atoms with van der Waals surface area (Å²) >= 11 is 0. The summed E-state index contributed by atoms with van der Waals surface area (Å²) in [6.07, 6.45) is 5.17. The molecule has 2 aromatic carbocycles. The predicted octanol–water partition coefficient (Wildman–Crippen LogP) is 4.93. The van der Waals surface area contributed by atoms with Gasteiger partial charge in [0.1, 0.15) is 5.75 Å². The summed E-state index contributed by atoms with van der Waals surface area (Å²) in [7, 11) is 1.66. The van der Waals surface area contributed by atoms with Crippen LogP contribution in [0.4, 0.5) is 0 Å². The van der Waals surface area contributed by atoms with Crippen molar-refractivity contribution in [3.05, 3.63) is 42.0 Å². The maximum atomic E-state index is 12.5. The van der Waals surface area contributed by atoms with Gasteiger partial charge in [0, 0.05) is 19.0 Å². The number of carbonyl (C=O) groups excluding carboxylic acids is 2. The van der Waals surface area contributed by atoms with Gasteiger partial charge in [0.2, 0.25) is 11.8 Å². The van der Waals surface area contributed by atoms with Crippen molar-refractivity contribution in [1.82, 2.24) is 10.6 Å². The molecule has 0 aliphatic rings. The molecule has 2 amide bonds. The van der Waals surface area contributed by atoms with E-state index in [9.17, 15) is 9.59 Å². The Kier molecular flexibility index (Phi) is 9.65. The molecule has 5 nitrogen and oxygen atoms in total. The lowest BCUT2D eigenvalue weighted by Crippen LogP contribution is -2.33. The zero-order chi connectivity index (χ0) is 21.9. The van der Waals surface area contributed by atoms with Crippen LogP contribution in [0.25, 0.3) is 10.8 Å². The SMILES string of the molecule is CCC(CC)NC(=O)CCCCCNC(=O)[C@@H](C)c1ccc2cc(OC)ccc2c1. The van der Waals surface area contributed by atoms with E-state index in [1.54, 1.807) is 7.11 Å². The Hall–Kier alpha value is -2.56. The maximum Gasteiger partial charge on any atom is 0.227 e. The molecule has 2 N–H and O–H groups in total. The number of hydrogen-bond acceptors (Lipinski definition) is 3. The minimum Gasteiger partial charge on any atom is -0.497 e. The number of carbonyl (C=O) groups is 2. The van der Waals surface area contributed by atoms with Gasteiger partial charge in [0.15, 0.2) is 0 Å². The van der Waals surface area contributed by atoms with Crippen LogP contribution in [0.15, 0.2) is 36.4 Å². The average Bonchev–Trinajstić information content (AvgIpc) is 2.78. The average molecular weight is 413 g/mol. The summed E-state index contributed by atoms with van der Waals surface area (Å²) in [6.45, 7) is 6.75. The molecule has 164 valence electrons. The highest BCUT2D eigenvalue weighted by atomic mass is 16.5. The van der Waals surface area contributed by atoms with Crippen LogP contribution in [-0.4, -0.2) is 31.5 Å². The number of ether oxygens (including phenoxy) is 1. The molecule has 0 saturated heterocycles. The van der Waals surface area contributed by atoms with Gasteiger partial charge in [0.05, 0.1) is 13.0 Å². The van der Waals surface area contributed by atoms with Gasteiger partial charge in [-0.1, -0.05) is 44.5 Å². The number of rotatable bonds is 12. The predicted molar refractivity (Wildman–Crippen MR) is 123 cm³/mol. The Morgan fingerprint density at radius 1 is 0.967 bits per heavy atom. The van der Waals surface area contributed by atoms with Crippen molar-refractivity contribution in [2.45, 2.75) is 71.3 Å². The summed E-state index contributed by atoms with van der Waals surface area (Å²) in [5.74, 6) is 0.793. The molecular weight excluding hydrogens is 376 g/mol. The molecule has 0 radical (unpaired) electrons. The quantitative estimate of drug-likeness (QED) is 0.486. The number of benzene rings is 2. The number of hydrogen-bond donors (Lipinski definition) is 2. The Morgan fingerprint density at radius 2 is 1.67 bits per heavy atom. The van der Waals surface area contributed by atoms with Crippen LogP contribution in [0.3, 0.4) is 0 Å². The minimum atomic E-state index is -0.206. The Morgan fingerprint density at radius 3 is 2.37 bits per heavy atom. The van der Waals surface area contributed by atoms with Gasteiger partial charge < -0.3 is 15.4 Å². The topological polar surface area (TPSA) is 67.4 Å². The molecule has 0 spiro atoms. The normalized spacial score (nSPS) is 12.0. The van der Waals surface area contributed by atoms with Crippen molar-refractivity contribution in [1.29, 1.82) is 0 Å². The summed E-state index contributed by atoms with van der Waals surface area (Å²) in [4.78, 5) is 24.4. The Bertz CT molecular complexity index is 830. The van der Waals surface area contributed by atoms with E-state index in [-0.39, 0.29) is 23.8 Å². The molecule has 0 fully saturated rings. The fourth-order valence-corrected chi connectivity index (χ4v) is 3.53. The van der Waals surface area contributed by atoms with Gasteiger partial charge in [-0.25, -0.2) is 0 Å². The number of unbranched alkanes of at least 4 members (excludes halogenated alkanes) is 2. The van der Waals surface area contributed by atoms with Gasteiger partial charge in [-0.05, 0) is 61.1 Å². The number of fused-ring (bicyclic) bond motifs is 1.